The van der Waals surface area contributed by atoms with E-state index in [1.165, 1.54) is 25.7 Å². The van der Waals surface area contributed by atoms with E-state index in [4.69, 9.17) is 17.3 Å². The Hall–Kier alpha value is -0.530. The molecule has 0 amide bonds. The predicted octanol–water partition coefficient (Wildman–Crippen LogP) is 5.25. The molecule has 2 unspecified atom stereocenters. The molecule has 0 aromatic heterocycles. The van der Waals surface area contributed by atoms with Crippen molar-refractivity contribution in [3.05, 3.63) is 34.3 Å². The Morgan fingerprint density at radius 2 is 2.00 bits per heavy atom. The summed E-state index contributed by atoms with van der Waals surface area (Å²) in [6.07, 6.45) is 6.09. The summed E-state index contributed by atoms with van der Waals surface area (Å²) in [6.45, 7) is 6.53. The molecule has 102 valence electrons. The molecule has 0 saturated heterocycles. The highest BCUT2D eigenvalue weighted by molar-refractivity contribution is 6.32. The van der Waals surface area contributed by atoms with E-state index in [9.17, 15) is 0 Å². The van der Waals surface area contributed by atoms with E-state index < -0.39 is 0 Å². The number of nitrogens with two attached hydrogens (primary N) is 1. The Morgan fingerprint density at radius 1 is 1.28 bits per heavy atom. The first kappa shape index (κ1) is 15.5. The average Bonchev–Trinajstić information content (AvgIpc) is 2.37. The first-order valence-corrected chi connectivity index (χ1v) is 7.48. The van der Waals surface area contributed by atoms with Crippen molar-refractivity contribution < 1.29 is 0 Å². The third-order valence-corrected chi connectivity index (χ3v) is 4.27. The van der Waals surface area contributed by atoms with Gasteiger partial charge in [-0.1, -0.05) is 69.3 Å². The quantitative estimate of drug-likeness (QED) is 0.717. The molecular weight excluding hydrogens is 242 g/mol. The summed E-state index contributed by atoms with van der Waals surface area (Å²) in [6, 6.07) is 6.21. The van der Waals surface area contributed by atoms with Crippen LogP contribution in [0.3, 0.4) is 0 Å². The maximum absolute atomic E-state index is 6.34. The molecule has 1 aromatic carbocycles. The zero-order valence-corrected chi connectivity index (χ0v) is 12.6. The van der Waals surface area contributed by atoms with Crippen molar-refractivity contribution in [1.82, 2.24) is 0 Å². The molecule has 0 radical (unpaired) electrons. The maximum atomic E-state index is 6.34. The van der Waals surface area contributed by atoms with Crippen LogP contribution in [-0.4, -0.2) is 0 Å². The van der Waals surface area contributed by atoms with Crippen molar-refractivity contribution in [3.63, 3.8) is 0 Å². The molecule has 0 aliphatic carbocycles. The second-order valence-electron chi connectivity index (χ2n) is 5.24. The van der Waals surface area contributed by atoms with Crippen molar-refractivity contribution in [3.8, 4) is 0 Å². The minimum atomic E-state index is 0.0687. The normalized spacial score (nSPS) is 14.5. The largest absolute Gasteiger partial charge is 0.324 e. The molecule has 2 atom stereocenters. The number of hydrogen-bond donors (Lipinski definition) is 1. The predicted molar refractivity (Wildman–Crippen MR) is 81.0 cm³/mol. The molecule has 0 heterocycles. The van der Waals surface area contributed by atoms with Crippen LogP contribution in [0.5, 0.6) is 0 Å². The number of rotatable bonds is 7. The lowest BCUT2D eigenvalue weighted by Crippen LogP contribution is -2.16. The van der Waals surface area contributed by atoms with Gasteiger partial charge in [0.05, 0.1) is 0 Å². The van der Waals surface area contributed by atoms with Crippen LogP contribution < -0.4 is 5.73 Å². The van der Waals surface area contributed by atoms with Crippen molar-refractivity contribution in [2.75, 3.05) is 0 Å². The van der Waals surface area contributed by atoms with Crippen LogP contribution in [0.4, 0.5) is 0 Å². The molecule has 18 heavy (non-hydrogen) atoms. The Bertz CT molecular complexity index is 362. The van der Waals surface area contributed by atoms with Gasteiger partial charge in [-0.15, -0.1) is 0 Å². The molecule has 0 aliphatic heterocycles. The molecular formula is C16H26ClN. The lowest BCUT2D eigenvalue weighted by Gasteiger charge is -2.21. The topological polar surface area (TPSA) is 26.0 Å². The van der Waals surface area contributed by atoms with Crippen LogP contribution in [0.15, 0.2) is 18.2 Å². The van der Waals surface area contributed by atoms with Gasteiger partial charge in [0, 0.05) is 11.1 Å². The summed E-state index contributed by atoms with van der Waals surface area (Å²) >= 11 is 6.34. The van der Waals surface area contributed by atoms with Crippen LogP contribution in [0.25, 0.3) is 0 Å². The highest BCUT2D eigenvalue weighted by Gasteiger charge is 2.16. The van der Waals surface area contributed by atoms with Crippen LogP contribution in [0.1, 0.15) is 63.1 Å². The number of unbranched alkanes of at least 4 members (excludes halogenated alkanes) is 1. The molecule has 1 rings (SSSR count). The minimum Gasteiger partial charge on any atom is -0.324 e. The molecule has 2 N–H and O–H groups in total. The first-order valence-electron chi connectivity index (χ1n) is 7.10. The van der Waals surface area contributed by atoms with Gasteiger partial charge in [-0.25, -0.2) is 0 Å². The lowest BCUT2D eigenvalue weighted by molar-refractivity contribution is 0.388. The highest BCUT2D eigenvalue weighted by atomic mass is 35.5. The van der Waals surface area contributed by atoms with Gasteiger partial charge in [0.2, 0.25) is 0 Å². The second kappa shape index (κ2) is 7.81. The van der Waals surface area contributed by atoms with Crippen molar-refractivity contribution >= 4 is 11.6 Å². The Balaban J connectivity index is 2.68. The summed E-state index contributed by atoms with van der Waals surface area (Å²) in [4.78, 5) is 0. The Labute approximate surface area is 117 Å². The fourth-order valence-corrected chi connectivity index (χ4v) is 2.69. The van der Waals surface area contributed by atoms with Gasteiger partial charge in [-0.3, -0.25) is 0 Å². The molecule has 1 aromatic rings. The highest BCUT2D eigenvalue weighted by Crippen LogP contribution is 2.30. The van der Waals surface area contributed by atoms with E-state index in [-0.39, 0.29) is 6.04 Å². The lowest BCUT2D eigenvalue weighted by atomic mass is 9.89. The van der Waals surface area contributed by atoms with Crippen LogP contribution in [0, 0.1) is 12.8 Å². The number of benzene rings is 1. The Kier molecular flexibility index (Phi) is 6.73. The van der Waals surface area contributed by atoms with Gasteiger partial charge < -0.3 is 5.73 Å². The summed E-state index contributed by atoms with van der Waals surface area (Å²) in [5.74, 6) is 0.719. The van der Waals surface area contributed by atoms with Crippen LogP contribution in [-0.2, 0) is 0 Å². The fraction of sp³-hybridized carbons (Fsp3) is 0.625. The van der Waals surface area contributed by atoms with Gasteiger partial charge in [-0.2, -0.15) is 0 Å². The van der Waals surface area contributed by atoms with Gasteiger partial charge in [0.1, 0.15) is 0 Å². The molecule has 0 saturated carbocycles. The van der Waals surface area contributed by atoms with E-state index in [2.05, 4.69) is 19.9 Å². The number of aryl methyl sites for hydroxylation is 1. The fourth-order valence-electron chi connectivity index (χ4n) is 2.42. The van der Waals surface area contributed by atoms with Gasteiger partial charge in [0.15, 0.2) is 0 Å². The second-order valence-corrected chi connectivity index (χ2v) is 5.61. The first-order chi connectivity index (χ1) is 8.60. The van der Waals surface area contributed by atoms with E-state index in [1.54, 1.807) is 0 Å². The summed E-state index contributed by atoms with van der Waals surface area (Å²) in [7, 11) is 0. The van der Waals surface area contributed by atoms with Gasteiger partial charge in [-0.05, 0) is 30.4 Å². The van der Waals surface area contributed by atoms with E-state index >= 15 is 0 Å². The zero-order chi connectivity index (χ0) is 13.5. The third kappa shape index (κ3) is 4.29. The van der Waals surface area contributed by atoms with Crippen molar-refractivity contribution in [2.24, 2.45) is 11.7 Å². The van der Waals surface area contributed by atoms with Crippen LogP contribution in [0.2, 0.25) is 5.02 Å². The monoisotopic (exact) mass is 267 g/mol. The van der Waals surface area contributed by atoms with Crippen molar-refractivity contribution in [2.45, 2.75) is 58.9 Å². The number of hydrogen-bond acceptors (Lipinski definition) is 1. The molecule has 0 bridgehead atoms. The molecule has 0 fully saturated rings. The van der Waals surface area contributed by atoms with E-state index in [0.29, 0.717) is 0 Å². The van der Waals surface area contributed by atoms with E-state index in [1.807, 2.05) is 19.1 Å². The summed E-state index contributed by atoms with van der Waals surface area (Å²) in [5, 5.41) is 0.843. The smallest absolute Gasteiger partial charge is 0.0482 e. The van der Waals surface area contributed by atoms with Crippen LogP contribution >= 0.6 is 11.6 Å². The number of halogens is 1. The summed E-state index contributed by atoms with van der Waals surface area (Å²) < 4.78 is 0. The molecule has 1 nitrogen and oxygen atoms in total. The zero-order valence-electron chi connectivity index (χ0n) is 11.9. The molecule has 0 spiro atoms. The SMILES string of the molecule is CCCCC(CC)CC(N)c1cccc(C)c1Cl. The van der Waals surface area contributed by atoms with Gasteiger partial charge >= 0.3 is 0 Å². The molecule has 2 heteroatoms. The minimum absolute atomic E-state index is 0.0687. The Morgan fingerprint density at radius 3 is 2.61 bits per heavy atom. The summed E-state index contributed by atoms with van der Waals surface area (Å²) in [5.41, 5.74) is 8.55. The average molecular weight is 268 g/mol. The van der Waals surface area contributed by atoms with Crippen molar-refractivity contribution in [1.29, 1.82) is 0 Å². The van der Waals surface area contributed by atoms with Gasteiger partial charge in [0.25, 0.3) is 0 Å². The third-order valence-electron chi connectivity index (χ3n) is 3.75. The molecule has 0 aliphatic rings. The van der Waals surface area contributed by atoms with E-state index in [0.717, 1.165) is 28.5 Å². The standard InChI is InChI=1S/C16H26ClN/c1-4-6-9-13(5-2)11-15(18)14-10-7-8-12(3)16(14)17/h7-8,10,13,15H,4-6,9,11,18H2,1-3H3. The maximum Gasteiger partial charge on any atom is 0.0482 e.